The van der Waals surface area contributed by atoms with Crippen molar-refractivity contribution in [1.82, 2.24) is 0 Å². The van der Waals surface area contributed by atoms with E-state index in [1.165, 1.54) is 0 Å². The Hall–Kier alpha value is -1.35. The summed E-state index contributed by atoms with van der Waals surface area (Å²) >= 11 is 0. The number of ether oxygens (including phenoxy) is 1. The van der Waals surface area contributed by atoms with Crippen LogP contribution in [-0.2, 0) is 9.53 Å². The molecule has 94 valence electrons. The normalized spacial score (nSPS) is 12.1. The van der Waals surface area contributed by atoms with Crippen LogP contribution < -0.4 is 0 Å². The summed E-state index contributed by atoms with van der Waals surface area (Å²) < 4.78 is 5.04. The van der Waals surface area contributed by atoms with Crippen molar-refractivity contribution < 1.29 is 14.6 Å². The standard InChI is InChI=1S/C14H20O3/c1-2-3-7-10-17-14(16)11-13(15)12-8-5-4-6-9-12/h4-6,8-9,13,15H,2-3,7,10-11H2,1H3. The molecule has 1 atom stereocenters. The maximum Gasteiger partial charge on any atom is 0.308 e. The van der Waals surface area contributed by atoms with Crippen LogP contribution in [0.1, 0.15) is 44.3 Å². The Morgan fingerprint density at radius 1 is 1.29 bits per heavy atom. The minimum Gasteiger partial charge on any atom is -0.466 e. The number of rotatable bonds is 7. The van der Waals surface area contributed by atoms with Crippen LogP contribution in [0.15, 0.2) is 30.3 Å². The van der Waals surface area contributed by atoms with Crippen LogP contribution >= 0.6 is 0 Å². The minimum atomic E-state index is -0.769. The maximum atomic E-state index is 11.4. The zero-order valence-corrected chi connectivity index (χ0v) is 10.3. The highest BCUT2D eigenvalue weighted by Gasteiger charge is 2.13. The summed E-state index contributed by atoms with van der Waals surface area (Å²) in [6.07, 6.45) is 2.31. The van der Waals surface area contributed by atoms with Gasteiger partial charge in [0.15, 0.2) is 0 Å². The van der Waals surface area contributed by atoms with Crippen molar-refractivity contribution in [3.05, 3.63) is 35.9 Å². The quantitative estimate of drug-likeness (QED) is 0.585. The van der Waals surface area contributed by atoms with E-state index in [-0.39, 0.29) is 12.4 Å². The average Bonchev–Trinajstić information content (AvgIpc) is 2.36. The van der Waals surface area contributed by atoms with Gasteiger partial charge in [-0.15, -0.1) is 0 Å². The lowest BCUT2D eigenvalue weighted by atomic mass is 10.1. The first-order chi connectivity index (χ1) is 8.24. The number of hydrogen-bond acceptors (Lipinski definition) is 3. The minimum absolute atomic E-state index is 0.0239. The molecular formula is C14H20O3. The molecule has 0 saturated heterocycles. The van der Waals surface area contributed by atoms with Crippen molar-refractivity contribution in [2.45, 2.75) is 38.7 Å². The Morgan fingerprint density at radius 3 is 2.65 bits per heavy atom. The number of aliphatic hydroxyl groups is 1. The summed E-state index contributed by atoms with van der Waals surface area (Å²) in [4.78, 5) is 11.4. The van der Waals surface area contributed by atoms with Crippen LogP contribution in [0.3, 0.4) is 0 Å². The van der Waals surface area contributed by atoms with Crippen molar-refractivity contribution in [3.8, 4) is 0 Å². The largest absolute Gasteiger partial charge is 0.466 e. The first kappa shape index (κ1) is 13.7. The summed E-state index contributed by atoms with van der Waals surface area (Å²) in [5.41, 5.74) is 0.748. The molecule has 0 aliphatic heterocycles. The zero-order chi connectivity index (χ0) is 12.5. The van der Waals surface area contributed by atoms with Crippen LogP contribution in [0.2, 0.25) is 0 Å². The molecule has 0 fully saturated rings. The number of hydrogen-bond donors (Lipinski definition) is 1. The fraction of sp³-hybridized carbons (Fsp3) is 0.500. The second-order valence-corrected chi connectivity index (χ2v) is 4.06. The van der Waals surface area contributed by atoms with Crippen LogP contribution in [0.4, 0.5) is 0 Å². The highest BCUT2D eigenvalue weighted by molar-refractivity contribution is 5.70. The van der Waals surface area contributed by atoms with Gasteiger partial charge in [-0.1, -0.05) is 50.1 Å². The number of unbranched alkanes of at least 4 members (excludes halogenated alkanes) is 2. The van der Waals surface area contributed by atoms with Gasteiger partial charge in [-0.25, -0.2) is 0 Å². The molecule has 0 radical (unpaired) electrons. The Bertz CT molecular complexity index is 321. The van der Waals surface area contributed by atoms with Crippen LogP contribution in [-0.4, -0.2) is 17.7 Å². The summed E-state index contributed by atoms with van der Waals surface area (Å²) in [6.45, 7) is 2.55. The second kappa shape index (κ2) is 7.85. The van der Waals surface area contributed by atoms with E-state index < -0.39 is 6.10 Å². The fourth-order valence-corrected chi connectivity index (χ4v) is 1.55. The smallest absolute Gasteiger partial charge is 0.308 e. The molecule has 0 aromatic heterocycles. The van der Waals surface area contributed by atoms with Crippen molar-refractivity contribution in [1.29, 1.82) is 0 Å². The molecule has 0 heterocycles. The number of benzene rings is 1. The van der Waals surface area contributed by atoms with E-state index in [4.69, 9.17) is 4.74 Å². The zero-order valence-electron chi connectivity index (χ0n) is 10.3. The maximum absolute atomic E-state index is 11.4. The molecule has 1 rings (SSSR count). The van der Waals surface area contributed by atoms with Crippen molar-refractivity contribution in [2.75, 3.05) is 6.61 Å². The van der Waals surface area contributed by atoms with Crippen molar-refractivity contribution in [2.24, 2.45) is 0 Å². The van der Waals surface area contributed by atoms with Gasteiger partial charge in [0.25, 0.3) is 0 Å². The monoisotopic (exact) mass is 236 g/mol. The van der Waals surface area contributed by atoms with Gasteiger partial charge in [0.2, 0.25) is 0 Å². The molecule has 0 bridgehead atoms. The van der Waals surface area contributed by atoms with E-state index in [1.807, 2.05) is 18.2 Å². The number of carbonyl (C=O) groups is 1. The molecule has 0 aliphatic rings. The van der Waals surface area contributed by atoms with Gasteiger partial charge in [-0.3, -0.25) is 4.79 Å². The first-order valence-corrected chi connectivity index (χ1v) is 6.12. The number of carbonyl (C=O) groups excluding carboxylic acids is 1. The predicted octanol–water partition coefficient (Wildman–Crippen LogP) is 2.84. The molecule has 1 aromatic carbocycles. The van der Waals surface area contributed by atoms with Gasteiger partial charge in [-0.2, -0.15) is 0 Å². The van der Waals surface area contributed by atoms with Gasteiger partial charge < -0.3 is 9.84 Å². The van der Waals surface area contributed by atoms with Gasteiger partial charge in [0.1, 0.15) is 0 Å². The van der Waals surface area contributed by atoms with E-state index in [0.29, 0.717) is 6.61 Å². The third-order valence-corrected chi connectivity index (χ3v) is 2.56. The Balaban J connectivity index is 2.26. The van der Waals surface area contributed by atoms with Gasteiger partial charge in [0.05, 0.1) is 19.1 Å². The Labute approximate surface area is 102 Å². The van der Waals surface area contributed by atoms with Crippen LogP contribution in [0.25, 0.3) is 0 Å². The summed E-state index contributed by atoms with van der Waals surface area (Å²) in [5, 5.41) is 9.79. The lowest BCUT2D eigenvalue weighted by Crippen LogP contribution is -2.11. The molecule has 0 amide bonds. The van der Waals surface area contributed by atoms with E-state index in [1.54, 1.807) is 12.1 Å². The Morgan fingerprint density at radius 2 is 2.00 bits per heavy atom. The molecule has 1 unspecified atom stereocenters. The molecule has 0 saturated carbocycles. The van der Waals surface area contributed by atoms with Crippen molar-refractivity contribution in [3.63, 3.8) is 0 Å². The molecule has 17 heavy (non-hydrogen) atoms. The van der Waals surface area contributed by atoms with E-state index >= 15 is 0 Å². The number of aliphatic hydroxyl groups excluding tert-OH is 1. The van der Waals surface area contributed by atoms with Crippen molar-refractivity contribution >= 4 is 5.97 Å². The average molecular weight is 236 g/mol. The van der Waals surface area contributed by atoms with Gasteiger partial charge in [-0.05, 0) is 12.0 Å². The van der Waals surface area contributed by atoms with E-state index in [2.05, 4.69) is 6.92 Å². The molecular weight excluding hydrogens is 216 g/mol. The molecule has 1 N–H and O–H groups in total. The summed E-state index contributed by atoms with van der Waals surface area (Å²) in [5.74, 6) is -0.336. The van der Waals surface area contributed by atoms with Gasteiger partial charge in [0, 0.05) is 0 Å². The molecule has 0 spiro atoms. The highest BCUT2D eigenvalue weighted by atomic mass is 16.5. The topological polar surface area (TPSA) is 46.5 Å². The fourth-order valence-electron chi connectivity index (χ4n) is 1.55. The summed E-state index contributed by atoms with van der Waals surface area (Å²) in [6, 6.07) is 9.15. The SMILES string of the molecule is CCCCCOC(=O)CC(O)c1ccccc1. The summed E-state index contributed by atoms with van der Waals surface area (Å²) in [7, 11) is 0. The molecule has 3 nitrogen and oxygen atoms in total. The third kappa shape index (κ3) is 5.50. The highest BCUT2D eigenvalue weighted by Crippen LogP contribution is 2.16. The third-order valence-electron chi connectivity index (χ3n) is 2.56. The van der Waals surface area contributed by atoms with E-state index in [0.717, 1.165) is 24.8 Å². The lowest BCUT2D eigenvalue weighted by molar-refractivity contribution is -0.146. The predicted molar refractivity (Wildman–Crippen MR) is 66.5 cm³/mol. The Kier molecular flexibility index (Phi) is 6.33. The molecule has 3 heteroatoms. The molecule has 1 aromatic rings. The first-order valence-electron chi connectivity index (χ1n) is 6.12. The number of esters is 1. The molecule has 0 aliphatic carbocycles. The van der Waals surface area contributed by atoms with Crippen LogP contribution in [0, 0.1) is 0 Å². The van der Waals surface area contributed by atoms with Crippen LogP contribution in [0.5, 0.6) is 0 Å². The second-order valence-electron chi connectivity index (χ2n) is 4.06. The van der Waals surface area contributed by atoms with Gasteiger partial charge >= 0.3 is 5.97 Å². The lowest BCUT2D eigenvalue weighted by Gasteiger charge is -2.10. The van der Waals surface area contributed by atoms with E-state index in [9.17, 15) is 9.90 Å².